The van der Waals surface area contributed by atoms with Crippen molar-refractivity contribution in [2.24, 2.45) is 5.18 Å². The fourth-order valence-electron chi connectivity index (χ4n) is 1.13. The van der Waals surface area contributed by atoms with Gasteiger partial charge >= 0.3 is 35.9 Å². The van der Waals surface area contributed by atoms with Crippen molar-refractivity contribution < 1.29 is 57.1 Å². The summed E-state index contributed by atoms with van der Waals surface area (Å²) < 4.78 is 158. The minimum atomic E-state index is -7.85. The first-order valence-electron chi connectivity index (χ1n) is 4.11. The van der Waals surface area contributed by atoms with Crippen molar-refractivity contribution in [1.29, 1.82) is 0 Å². The summed E-state index contributed by atoms with van der Waals surface area (Å²) in [5, 5.41) is -0.148. The van der Waals surface area contributed by atoms with Crippen molar-refractivity contribution in [2.45, 2.75) is 35.9 Å². The molecule has 0 aliphatic rings. The zero-order valence-electron chi connectivity index (χ0n) is 8.77. The highest BCUT2D eigenvalue weighted by Gasteiger charge is 2.95. The molecule has 2 nitrogen and oxygen atoms in total. The zero-order chi connectivity index (χ0) is 17.7. The molecule has 0 aromatic heterocycles. The first-order valence-corrected chi connectivity index (χ1v) is 4.11. The Morgan fingerprint density at radius 1 is 0.476 bits per heavy atom. The van der Waals surface area contributed by atoms with Crippen molar-refractivity contribution >= 4 is 0 Å². The van der Waals surface area contributed by atoms with Crippen LogP contribution in [0.15, 0.2) is 5.18 Å². The van der Waals surface area contributed by atoms with Gasteiger partial charge in [0.25, 0.3) is 0 Å². The number of nitroso groups, excluding NO2 is 1. The number of alkyl halides is 13. The van der Waals surface area contributed by atoms with Gasteiger partial charge in [-0.1, -0.05) is 0 Å². The summed E-state index contributed by atoms with van der Waals surface area (Å²) in [6.07, 6.45) is -22.8. The summed E-state index contributed by atoms with van der Waals surface area (Å²) in [5.74, 6) is -15.7. The molecule has 0 spiro atoms. The van der Waals surface area contributed by atoms with Gasteiger partial charge in [-0.25, -0.2) is 0 Å². The topological polar surface area (TPSA) is 29.4 Å². The lowest BCUT2D eigenvalue weighted by molar-refractivity contribution is -0.425. The van der Waals surface area contributed by atoms with Gasteiger partial charge in [0.2, 0.25) is 0 Å². The maximum atomic E-state index is 12.7. The molecule has 0 aliphatic carbocycles. The highest BCUT2D eigenvalue weighted by atomic mass is 19.4. The summed E-state index contributed by atoms with van der Waals surface area (Å²) in [4.78, 5) is 9.73. The third kappa shape index (κ3) is 2.39. The van der Waals surface area contributed by atoms with E-state index in [1.54, 1.807) is 0 Å². The Morgan fingerprint density at radius 2 is 0.714 bits per heavy atom. The smallest absolute Gasteiger partial charge is 0.193 e. The van der Waals surface area contributed by atoms with Crippen molar-refractivity contribution in [3.05, 3.63) is 4.91 Å². The van der Waals surface area contributed by atoms with Gasteiger partial charge in [-0.3, -0.25) is 0 Å². The number of halogens is 13. The van der Waals surface area contributed by atoms with Crippen molar-refractivity contribution in [3.63, 3.8) is 0 Å². The second-order valence-electron chi connectivity index (χ2n) is 3.44. The average Bonchev–Trinajstić information content (AvgIpc) is 2.11. The fourth-order valence-corrected chi connectivity index (χ4v) is 1.13. The molecule has 0 aromatic carbocycles. The third-order valence-corrected chi connectivity index (χ3v) is 2.17. The van der Waals surface area contributed by atoms with Crippen LogP contribution in [0.25, 0.3) is 0 Å². The molecule has 0 rings (SSSR count). The lowest BCUT2D eigenvalue weighted by Crippen LogP contribution is -2.75. The molecule has 0 bridgehead atoms. The maximum absolute atomic E-state index is 12.7. The molecule has 0 N–H and O–H groups in total. The van der Waals surface area contributed by atoms with E-state index >= 15 is 0 Å². The van der Waals surface area contributed by atoms with E-state index in [2.05, 4.69) is 0 Å². The van der Waals surface area contributed by atoms with Crippen LogP contribution in [0, 0.1) is 4.91 Å². The third-order valence-electron chi connectivity index (χ3n) is 2.17. The molecule has 0 unspecified atom stereocenters. The Morgan fingerprint density at radius 3 is 0.810 bits per heavy atom. The minimum absolute atomic E-state index is 0.148. The number of hydrogen-bond acceptors (Lipinski definition) is 2. The van der Waals surface area contributed by atoms with Crippen LogP contribution in [-0.4, -0.2) is 35.9 Å². The lowest BCUT2D eigenvalue weighted by atomic mass is 9.83. The van der Waals surface area contributed by atoms with Crippen LogP contribution in [0.2, 0.25) is 0 Å². The molecular formula is C6F13NO. The molecule has 0 atom stereocenters. The van der Waals surface area contributed by atoms with E-state index < -0.39 is 35.9 Å². The minimum Gasteiger partial charge on any atom is -0.193 e. The molecule has 0 aromatic rings. The van der Waals surface area contributed by atoms with Gasteiger partial charge in [0, 0.05) is 0 Å². The molecular weight excluding hydrogens is 349 g/mol. The van der Waals surface area contributed by atoms with Crippen LogP contribution in [0.1, 0.15) is 0 Å². The molecule has 0 heterocycles. The maximum Gasteiger partial charge on any atom is 0.456 e. The van der Waals surface area contributed by atoms with Gasteiger partial charge in [-0.05, 0) is 5.18 Å². The predicted octanol–water partition coefficient (Wildman–Crippen LogP) is 4.45. The average molecular weight is 349 g/mol. The molecule has 21 heavy (non-hydrogen) atoms. The first-order chi connectivity index (χ1) is 8.81. The van der Waals surface area contributed by atoms with Crippen LogP contribution < -0.4 is 0 Å². The summed E-state index contributed by atoms with van der Waals surface area (Å²) in [6.45, 7) is 0. The Hall–Kier alpha value is -1.31. The first kappa shape index (κ1) is 19.7. The molecule has 0 amide bonds. The van der Waals surface area contributed by atoms with Crippen molar-refractivity contribution in [3.8, 4) is 0 Å². The Balaban J connectivity index is 6.82. The summed E-state index contributed by atoms with van der Waals surface area (Å²) in [5.41, 5.74) is -7.61. The molecule has 0 saturated carbocycles. The van der Waals surface area contributed by atoms with Gasteiger partial charge in [0.15, 0.2) is 0 Å². The molecule has 0 aliphatic heterocycles. The largest absolute Gasteiger partial charge is 0.456 e. The van der Waals surface area contributed by atoms with Crippen molar-refractivity contribution in [2.75, 3.05) is 0 Å². The predicted molar refractivity (Wildman–Crippen MR) is 36.6 cm³/mol. The zero-order valence-corrected chi connectivity index (χ0v) is 8.77. The SMILES string of the molecule is O=NC(C(F)(F)F)(C(F)(F)C(F)(F)F)C(F)(F)C(F)(F)F. The Kier molecular flexibility index (Phi) is 4.31. The lowest BCUT2D eigenvalue weighted by Gasteiger charge is -2.41. The highest BCUT2D eigenvalue weighted by Crippen LogP contribution is 2.62. The van der Waals surface area contributed by atoms with E-state index in [1.165, 1.54) is 0 Å². The molecule has 126 valence electrons. The van der Waals surface area contributed by atoms with E-state index in [0.29, 0.717) is 0 Å². The van der Waals surface area contributed by atoms with E-state index in [9.17, 15) is 62.0 Å². The summed E-state index contributed by atoms with van der Waals surface area (Å²) >= 11 is 0. The molecule has 0 radical (unpaired) electrons. The van der Waals surface area contributed by atoms with Gasteiger partial charge in [0.05, 0.1) is 0 Å². The number of hydrogen-bond donors (Lipinski definition) is 0. The summed E-state index contributed by atoms with van der Waals surface area (Å²) in [6, 6.07) is 0. The second-order valence-corrected chi connectivity index (χ2v) is 3.44. The van der Waals surface area contributed by atoms with E-state index in [4.69, 9.17) is 0 Å². The molecule has 0 fully saturated rings. The monoisotopic (exact) mass is 349 g/mol. The van der Waals surface area contributed by atoms with E-state index in [0.717, 1.165) is 0 Å². The summed E-state index contributed by atoms with van der Waals surface area (Å²) in [7, 11) is 0. The normalized spacial score (nSPS) is 16.0. The molecule has 0 saturated heterocycles. The van der Waals surface area contributed by atoms with Gasteiger partial charge in [0.1, 0.15) is 0 Å². The number of nitrogens with zero attached hydrogens (tertiary/aromatic N) is 1. The van der Waals surface area contributed by atoms with Crippen LogP contribution in [0.5, 0.6) is 0 Å². The number of rotatable bonds is 3. The van der Waals surface area contributed by atoms with Crippen LogP contribution in [0.3, 0.4) is 0 Å². The van der Waals surface area contributed by atoms with E-state index in [1.807, 2.05) is 0 Å². The molecule has 15 heteroatoms. The highest BCUT2D eigenvalue weighted by molar-refractivity contribution is 5.19. The quantitative estimate of drug-likeness (QED) is 0.547. The van der Waals surface area contributed by atoms with Crippen LogP contribution in [0.4, 0.5) is 57.1 Å². The van der Waals surface area contributed by atoms with Gasteiger partial charge in [-0.15, -0.1) is 4.91 Å². The van der Waals surface area contributed by atoms with Crippen LogP contribution >= 0.6 is 0 Å². The van der Waals surface area contributed by atoms with Gasteiger partial charge < -0.3 is 0 Å². The van der Waals surface area contributed by atoms with Crippen LogP contribution in [-0.2, 0) is 0 Å². The fraction of sp³-hybridized carbons (Fsp3) is 1.00. The second kappa shape index (κ2) is 4.59. The van der Waals surface area contributed by atoms with E-state index in [-0.39, 0.29) is 5.18 Å². The Labute approximate surface area is 104 Å². The standard InChI is InChI=1S/C6F13NO/c7-2(8,5(14,15)16)1(20-21,4(11,12)13)3(9,10)6(17,18)19. The van der Waals surface area contributed by atoms with Crippen molar-refractivity contribution in [1.82, 2.24) is 0 Å². The van der Waals surface area contributed by atoms with Gasteiger partial charge in [-0.2, -0.15) is 57.1 Å². The Bertz CT molecular complexity index is 374.